The molecule has 0 saturated heterocycles. The molecular weight excluding hydrogens is 883 g/mol. The first-order valence-electron chi connectivity index (χ1n) is 25.6. The largest absolute Gasteiger partial charge is 0.309 e. The van der Waals surface area contributed by atoms with Crippen molar-refractivity contribution >= 4 is 43.6 Å². The van der Waals surface area contributed by atoms with Crippen molar-refractivity contribution in [2.45, 2.75) is 61.8 Å². The third-order valence-corrected chi connectivity index (χ3v) is 15.3. The average molecular weight is 938 g/mol. The van der Waals surface area contributed by atoms with Gasteiger partial charge in [0.15, 0.2) is 0 Å². The van der Waals surface area contributed by atoms with E-state index >= 15 is 0 Å². The van der Waals surface area contributed by atoms with Crippen molar-refractivity contribution in [1.29, 1.82) is 5.26 Å². The fourth-order valence-electron chi connectivity index (χ4n) is 12.3. The van der Waals surface area contributed by atoms with Gasteiger partial charge in [-0.2, -0.15) is 5.26 Å². The Kier molecular flexibility index (Phi) is 10.1. The number of rotatable bonds is 7. The molecule has 0 radical (unpaired) electrons. The lowest BCUT2D eigenvalue weighted by Crippen LogP contribution is -2.02. The number of fused-ring (bicyclic) bond motifs is 7. The van der Waals surface area contributed by atoms with Crippen LogP contribution in [0.4, 0.5) is 0 Å². The van der Waals surface area contributed by atoms with Gasteiger partial charge >= 0.3 is 0 Å². The molecule has 2 heterocycles. The van der Waals surface area contributed by atoms with E-state index in [0.717, 1.165) is 45.4 Å². The first-order valence-corrected chi connectivity index (χ1v) is 25.6. The van der Waals surface area contributed by atoms with Crippen LogP contribution < -0.4 is 0 Å². The zero-order valence-corrected chi connectivity index (χ0v) is 42.8. The SMILES string of the molecule is Cc1cc(C)cc(-c2ccc3c(c2)c2cc(-c4cc(C)cc(C)c4)ccc2n3-c2ccc(C#N)cc2-c2c(-n3c4ccc(-c5cc(C)cc(C)c5)cc4c4cc(-c5cc(C)cc(C)c5)ccc43)ccc3c2C3)c1. The number of nitriles is 1. The lowest BCUT2D eigenvalue weighted by atomic mass is 9.97. The van der Waals surface area contributed by atoms with E-state index in [1.54, 1.807) is 0 Å². The Balaban J connectivity index is 1.08. The first kappa shape index (κ1) is 44.2. The van der Waals surface area contributed by atoms with Crippen LogP contribution in [0.25, 0.3) is 111 Å². The van der Waals surface area contributed by atoms with Crippen molar-refractivity contribution in [2.24, 2.45) is 0 Å². The molecule has 12 aromatic rings. The Morgan fingerprint density at radius 1 is 0.329 bits per heavy atom. The number of benzene rings is 10. The van der Waals surface area contributed by atoms with Crippen LogP contribution in [-0.4, -0.2) is 9.13 Å². The summed E-state index contributed by atoms with van der Waals surface area (Å²) in [5.74, 6) is 0. The quantitative estimate of drug-likeness (QED) is 0.157. The molecule has 1 aliphatic rings. The second-order valence-corrected chi connectivity index (χ2v) is 21.2. The van der Waals surface area contributed by atoms with Gasteiger partial charge < -0.3 is 9.13 Å². The summed E-state index contributed by atoms with van der Waals surface area (Å²) in [6.07, 6.45) is 0.905. The summed E-state index contributed by atoms with van der Waals surface area (Å²) in [6, 6.07) is 68.9. The maximum Gasteiger partial charge on any atom is 0.0991 e. The molecule has 0 N–H and O–H groups in total. The molecule has 13 rings (SSSR count). The molecule has 0 fully saturated rings. The number of hydrogen-bond acceptors (Lipinski definition) is 1. The predicted octanol–water partition coefficient (Wildman–Crippen LogP) is 18.5. The van der Waals surface area contributed by atoms with Crippen LogP contribution in [0.2, 0.25) is 0 Å². The van der Waals surface area contributed by atoms with Crippen molar-refractivity contribution in [3.63, 3.8) is 0 Å². The van der Waals surface area contributed by atoms with Gasteiger partial charge in [-0.15, -0.1) is 0 Å². The molecule has 0 unspecified atom stereocenters. The van der Waals surface area contributed by atoms with Gasteiger partial charge in [0.2, 0.25) is 0 Å². The molecule has 2 aromatic heterocycles. The summed E-state index contributed by atoms with van der Waals surface area (Å²) in [5, 5.41) is 15.5. The fraction of sp³-hybridized carbons (Fsp3) is 0.129. The molecular formula is C70H55N3. The van der Waals surface area contributed by atoms with E-state index in [1.807, 2.05) is 6.07 Å². The Morgan fingerprint density at radius 2 is 0.658 bits per heavy atom. The smallest absolute Gasteiger partial charge is 0.0991 e. The van der Waals surface area contributed by atoms with E-state index in [2.05, 4.69) is 240 Å². The Hall–Kier alpha value is -8.71. The topological polar surface area (TPSA) is 33.6 Å². The third kappa shape index (κ3) is 7.56. The number of nitrogens with zero attached hydrogens (tertiary/aromatic N) is 3. The van der Waals surface area contributed by atoms with Gasteiger partial charge in [0.05, 0.1) is 45.1 Å². The lowest BCUT2D eigenvalue weighted by molar-refractivity contribution is 1.16. The molecule has 0 bridgehead atoms. The predicted molar refractivity (Wildman–Crippen MR) is 308 cm³/mol. The molecule has 3 nitrogen and oxygen atoms in total. The van der Waals surface area contributed by atoms with Gasteiger partial charge in [-0.25, -0.2) is 0 Å². The van der Waals surface area contributed by atoms with Crippen molar-refractivity contribution in [2.75, 3.05) is 0 Å². The van der Waals surface area contributed by atoms with E-state index in [1.165, 1.54) is 127 Å². The van der Waals surface area contributed by atoms with Crippen molar-refractivity contribution in [3.8, 4) is 73.1 Å². The molecule has 3 heteroatoms. The molecule has 0 atom stereocenters. The van der Waals surface area contributed by atoms with E-state index in [9.17, 15) is 5.26 Å². The molecule has 0 saturated carbocycles. The monoisotopic (exact) mass is 937 g/mol. The highest BCUT2D eigenvalue weighted by atomic mass is 15.0. The highest BCUT2D eigenvalue weighted by Gasteiger charge is 2.30. The van der Waals surface area contributed by atoms with E-state index in [4.69, 9.17) is 0 Å². The second kappa shape index (κ2) is 16.7. The molecule has 73 heavy (non-hydrogen) atoms. The van der Waals surface area contributed by atoms with E-state index in [0.29, 0.717) is 5.56 Å². The third-order valence-electron chi connectivity index (χ3n) is 15.3. The minimum atomic E-state index is 0.635. The van der Waals surface area contributed by atoms with Gasteiger partial charge in [0.25, 0.3) is 0 Å². The fourth-order valence-corrected chi connectivity index (χ4v) is 12.3. The van der Waals surface area contributed by atoms with Gasteiger partial charge in [0, 0.05) is 32.7 Å². The minimum Gasteiger partial charge on any atom is -0.309 e. The van der Waals surface area contributed by atoms with Crippen LogP contribution in [0.3, 0.4) is 0 Å². The van der Waals surface area contributed by atoms with Gasteiger partial charge in [-0.05, 0) is 190 Å². The standard InChI is InChI=1S/C70H55N3/c1-40-21-41(2)26-54(25-40)49-10-16-64-59(34-49)60-35-50(55-27-42(3)22-43(4)28-55)11-17-65(60)72(64)68-15-9-48(39-71)33-63(68)70-58-38-53(58)14-20-69(70)73-66-18-12-51(56-29-44(5)23-45(6)30-56)36-61(66)62-37-52(13-19-67(62)73)57-31-46(7)24-47(8)32-57/h9-37H,38H2,1-8H3. The summed E-state index contributed by atoms with van der Waals surface area (Å²) in [7, 11) is 0. The van der Waals surface area contributed by atoms with Crippen LogP contribution in [-0.2, 0) is 6.42 Å². The van der Waals surface area contributed by atoms with E-state index < -0.39 is 0 Å². The highest BCUT2D eigenvalue weighted by Crippen LogP contribution is 2.49. The summed E-state index contributed by atoms with van der Waals surface area (Å²) in [4.78, 5) is 0. The molecule has 0 spiro atoms. The Labute approximate surface area is 427 Å². The highest BCUT2D eigenvalue weighted by molar-refractivity contribution is 6.14. The lowest BCUT2D eigenvalue weighted by Gasteiger charge is -2.19. The normalized spacial score (nSPS) is 12.0. The molecule has 0 amide bonds. The minimum absolute atomic E-state index is 0.635. The second-order valence-electron chi connectivity index (χ2n) is 21.2. The Bertz CT molecular complexity index is 4090. The van der Waals surface area contributed by atoms with Crippen LogP contribution in [0.5, 0.6) is 0 Å². The zero-order valence-electron chi connectivity index (χ0n) is 42.8. The first-order chi connectivity index (χ1) is 35.3. The molecule has 0 aliphatic heterocycles. The summed E-state index contributed by atoms with van der Waals surface area (Å²) in [5.41, 5.74) is 32.0. The number of aromatic nitrogens is 2. The summed E-state index contributed by atoms with van der Waals surface area (Å²) >= 11 is 0. The van der Waals surface area contributed by atoms with Crippen LogP contribution >= 0.6 is 0 Å². The zero-order chi connectivity index (χ0) is 50.0. The van der Waals surface area contributed by atoms with Crippen LogP contribution in [0, 0.1) is 66.7 Å². The van der Waals surface area contributed by atoms with Crippen LogP contribution in [0.15, 0.2) is 176 Å². The van der Waals surface area contributed by atoms with Gasteiger partial charge in [-0.1, -0.05) is 148 Å². The van der Waals surface area contributed by atoms with Crippen LogP contribution in [0.1, 0.15) is 61.2 Å². The summed E-state index contributed by atoms with van der Waals surface area (Å²) in [6.45, 7) is 17.5. The molecule has 350 valence electrons. The maximum absolute atomic E-state index is 10.7. The molecule has 1 aliphatic carbocycles. The van der Waals surface area contributed by atoms with Gasteiger partial charge in [-0.3, -0.25) is 0 Å². The number of hydrogen-bond donors (Lipinski definition) is 0. The Morgan fingerprint density at radius 3 is 1.00 bits per heavy atom. The van der Waals surface area contributed by atoms with Crippen molar-refractivity contribution in [1.82, 2.24) is 9.13 Å². The summed E-state index contributed by atoms with van der Waals surface area (Å²) < 4.78 is 4.96. The maximum atomic E-state index is 10.7. The van der Waals surface area contributed by atoms with Crippen molar-refractivity contribution < 1.29 is 0 Å². The van der Waals surface area contributed by atoms with Gasteiger partial charge in [0.1, 0.15) is 0 Å². The van der Waals surface area contributed by atoms with E-state index in [-0.39, 0.29) is 0 Å². The average Bonchev–Trinajstić information content (AvgIpc) is 4.00. The molecule has 10 aromatic carbocycles. The van der Waals surface area contributed by atoms with Crippen molar-refractivity contribution in [3.05, 3.63) is 237 Å². The number of aryl methyl sites for hydroxylation is 8.